The van der Waals surface area contributed by atoms with Crippen molar-refractivity contribution in [2.45, 2.75) is 19.5 Å². The van der Waals surface area contributed by atoms with Crippen molar-refractivity contribution in [1.82, 2.24) is 9.80 Å². The van der Waals surface area contributed by atoms with Crippen LogP contribution in [0.25, 0.3) is 0 Å². The van der Waals surface area contributed by atoms with Crippen LogP contribution < -0.4 is 5.73 Å². The van der Waals surface area contributed by atoms with Crippen LogP contribution in [0.1, 0.15) is 12.5 Å². The highest BCUT2D eigenvalue weighted by Gasteiger charge is 2.22. The molecule has 0 saturated carbocycles. The van der Waals surface area contributed by atoms with Crippen LogP contribution in [0.4, 0.5) is 4.39 Å². The summed E-state index contributed by atoms with van der Waals surface area (Å²) in [6.07, 6.45) is 0. The fraction of sp³-hybridized carbons (Fsp3) is 0.500. The lowest BCUT2D eigenvalue weighted by atomic mass is 10.1. The lowest BCUT2D eigenvalue weighted by molar-refractivity contribution is 0.118. The number of benzene rings is 1. The summed E-state index contributed by atoms with van der Waals surface area (Å²) in [5.74, 6) is -0.168. The van der Waals surface area contributed by atoms with Gasteiger partial charge in [-0.25, -0.2) is 4.39 Å². The van der Waals surface area contributed by atoms with Gasteiger partial charge in [-0.15, -0.1) is 0 Å². The molecule has 0 bridgehead atoms. The number of rotatable bonds is 4. The van der Waals surface area contributed by atoms with Crippen LogP contribution in [-0.2, 0) is 6.54 Å². The number of hydrogen-bond donors (Lipinski definition) is 1. The van der Waals surface area contributed by atoms with E-state index in [1.165, 1.54) is 6.07 Å². The molecular weight excluding hydrogens is 261 g/mol. The molecule has 1 aromatic rings. The predicted molar refractivity (Wildman–Crippen MR) is 79.5 cm³/mol. The van der Waals surface area contributed by atoms with Crippen molar-refractivity contribution in [1.29, 1.82) is 0 Å². The van der Waals surface area contributed by atoms with Gasteiger partial charge < -0.3 is 5.73 Å². The van der Waals surface area contributed by atoms with Crippen molar-refractivity contribution >= 4 is 17.2 Å². The molecule has 1 aliphatic heterocycles. The Morgan fingerprint density at radius 1 is 1.37 bits per heavy atom. The molecule has 5 heteroatoms. The minimum absolute atomic E-state index is 0.159. The maximum Gasteiger partial charge on any atom is 0.123 e. The third-order valence-corrected chi connectivity index (χ3v) is 4.00. The van der Waals surface area contributed by atoms with Crippen molar-refractivity contribution in [2.75, 3.05) is 26.2 Å². The highest BCUT2D eigenvalue weighted by Crippen LogP contribution is 2.11. The first kappa shape index (κ1) is 14.4. The fourth-order valence-electron chi connectivity index (χ4n) is 2.38. The van der Waals surface area contributed by atoms with Crippen LogP contribution in [0.5, 0.6) is 0 Å². The van der Waals surface area contributed by atoms with Gasteiger partial charge >= 0.3 is 0 Å². The van der Waals surface area contributed by atoms with Gasteiger partial charge in [0.15, 0.2) is 0 Å². The first-order valence-corrected chi connectivity index (χ1v) is 6.97. The Morgan fingerprint density at radius 3 is 2.63 bits per heavy atom. The van der Waals surface area contributed by atoms with E-state index in [2.05, 4.69) is 9.80 Å². The normalized spacial score (nSPS) is 19.3. The van der Waals surface area contributed by atoms with E-state index in [0.29, 0.717) is 4.99 Å². The second-order valence-corrected chi connectivity index (χ2v) is 5.49. The van der Waals surface area contributed by atoms with Crippen molar-refractivity contribution in [3.63, 3.8) is 0 Å². The molecular formula is C14H20FN3S. The molecule has 0 aliphatic carbocycles. The van der Waals surface area contributed by atoms with Gasteiger partial charge in [-0.3, -0.25) is 9.80 Å². The third kappa shape index (κ3) is 3.96. The largest absolute Gasteiger partial charge is 0.392 e. The summed E-state index contributed by atoms with van der Waals surface area (Å²) >= 11 is 5.03. The van der Waals surface area contributed by atoms with Gasteiger partial charge in [-0.1, -0.05) is 24.4 Å². The van der Waals surface area contributed by atoms with Crippen LogP contribution >= 0.6 is 12.2 Å². The SMILES string of the molecule is CC(C(N)=S)N1CCN(Cc2cccc(F)c2)CC1. The number of nitrogens with two attached hydrogens (primary N) is 1. The van der Waals surface area contributed by atoms with E-state index in [4.69, 9.17) is 18.0 Å². The minimum Gasteiger partial charge on any atom is -0.392 e. The van der Waals surface area contributed by atoms with Gasteiger partial charge in [0.05, 0.1) is 11.0 Å². The lowest BCUT2D eigenvalue weighted by Crippen LogP contribution is -2.52. The summed E-state index contributed by atoms with van der Waals surface area (Å²) in [5.41, 5.74) is 6.70. The van der Waals surface area contributed by atoms with Crippen LogP contribution in [0.3, 0.4) is 0 Å². The number of halogens is 1. The Balaban J connectivity index is 1.85. The molecule has 3 nitrogen and oxygen atoms in total. The molecule has 1 atom stereocenters. The smallest absolute Gasteiger partial charge is 0.123 e. The molecule has 19 heavy (non-hydrogen) atoms. The quantitative estimate of drug-likeness (QED) is 0.850. The molecule has 1 saturated heterocycles. The first-order valence-electron chi connectivity index (χ1n) is 6.56. The van der Waals surface area contributed by atoms with Crippen molar-refractivity contribution in [2.24, 2.45) is 5.73 Å². The molecule has 1 aliphatic rings. The molecule has 1 heterocycles. The highest BCUT2D eigenvalue weighted by molar-refractivity contribution is 7.80. The monoisotopic (exact) mass is 281 g/mol. The maximum absolute atomic E-state index is 13.1. The van der Waals surface area contributed by atoms with Gasteiger partial charge in [0.25, 0.3) is 0 Å². The lowest BCUT2D eigenvalue weighted by Gasteiger charge is -2.37. The first-order chi connectivity index (χ1) is 9.06. The summed E-state index contributed by atoms with van der Waals surface area (Å²) in [7, 11) is 0. The molecule has 104 valence electrons. The van der Waals surface area contributed by atoms with E-state index in [0.717, 1.165) is 38.3 Å². The van der Waals surface area contributed by atoms with Crippen molar-refractivity contribution < 1.29 is 4.39 Å². The topological polar surface area (TPSA) is 32.5 Å². The molecule has 0 radical (unpaired) electrons. The molecule has 0 amide bonds. The van der Waals surface area contributed by atoms with Gasteiger partial charge in [0.1, 0.15) is 5.82 Å². The molecule has 1 aromatic carbocycles. The fourth-order valence-corrected chi connectivity index (χ4v) is 2.53. The zero-order valence-corrected chi connectivity index (χ0v) is 12.0. The Morgan fingerprint density at radius 2 is 2.05 bits per heavy atom. The van der Waals surface area contributed by atoms with E-state index in [1.54, 1.807) is 12.1 Å². The van der Waals surface area contributed by atoms with Crippen LogP contribution in [0.15, 0.2) is 24.3 Å². The van der Waals surface area contributed by atoms with Gasteiger partial charge in [0.2, 0.25) is 0 Å². The van der Waals surface area contributed by atoms with E-state index in [1.807, 2.05) is 13.0 Å². The van der Waals surface area contributed by atoms with Crippen LogP contribution in [-0.4, -0.2) is 47.0 Å². The minimum atomic E-state index is -0.168. The average Bonchev–Trinajstić information content (AvgIpc) is 2.39. The number of piperazine rings is 1. The van der Waals surface area contributed by atoms with E-state index >= 15 is 0 Å². The molecule has 1 unspecified atom stereocenters. The maximum atomic E-state index is 13.1. The number of thiocarbonyl (C=S) groups is 1. The molecule has 0 aromatic heterocycles. The van der Waals surface area contributed by atoms with Crippen molar-refractivity contribution in [3.05, 3.63) is 35.6 Å². The van der Waals surface area contributed by atoms with Crippen LogP contribution in [0.2, 0.25) is 0 Å². The van der Waals surface area contributed by atoms with Gasteiger partial charge in [0, 0.05) is 32.7 Å². The molecule has 2 N–H and O–H groups in total. The standard InChI is InChI=1S/C14H20FN3S/c1-11(14(16)19)18-7-5-17(6-8-18)10-12-3-2-4-13(15)9-12/h2-4,9,11H,5-8,10H2,1H3,(H2,16,19). The number of nitrogens with zero attached hydrogens (tertiary/aromatic N) is 2. The summed E-state index contributed by atoms with van der Waals surface area (Å²) in [5, 5.41) is 0. The van der Waals surface area contributed by atoms with Crippen molar-refractivity contribution in [3.8, 4) is 0 Å². The van der Waals surface area contributed by atoms with Gasteiger partial charge in [-0.2, -0.15) is 0 Å². The highest BCUT2D eigenvalue weighted by atomic mass is 32.1. The second-order valence-electron chi connectivity index (χ2n) is 5.02. The molecule has 2 rings (SSSR count). The second kappa shape index (κ2) is 6.41. The Hall–Kier alpha value is -1.04. The Bertz CT molecular complexity index is 444. The third-order valence-electron chi connectivity index (χ3n) is 3.66. The van der Waals surface area contributed by atoms with Crippen LogP contribution in [0, 0.1) is 5.82 Å². The summed E-state index contributed by atoms with van der Waals surface area (Å²) < 4.78 is 13.1. The van der Waals surface area contributed by atoms with E-state index < -0.39 is 0 Å². The Labute approximate surface area is 119 Å². The predicted octanol–water partition coefficient (Wildman–Crippen LogP) is 1.62. The summed E-state index contributed by atoms with van der Waals surface area (Å²) in [6.45, 7) is 6.67. The van der Waals surface area contributed by atoms with E-state index in [9.17, 15) is 4.39 Å². The zero-order valence-electron chi connectivity index (χ0n) is 11.2. The Kier molecular flexibility index (Phi) is 4.85. The van der Waals surface area contributed by atoms with Gasteiger partial charge in [-0.05, 0) is 24.6 Å². The summed E-state index contributed by atoms with van der Waals surface area (Å²) in [4.78, 5) is 5.18. The zero-order chi connectivity index (χ0) is 13.8. The van der Waals surface area contributed by atoms with E-state index in [-0.39, 0.29) is 11.9 Å². The average molecular weight is 281 g/mol. The molecule has 1 fully saturated rings. The number of hydrogen-bond acceptors (Lipinski definition) is 3. The molecule has 0 spiro atoms. The summed E-state index contributed by atoms with van der Waals surface area (Å²) in [6, 6.07) is 6.96.